The number of benzene rings is 2. The quantitative estimate of drug-likeness (QED) is 0.173. The van der Waals surface area contributed by atoms with Crippen molar-refractivity contribution in [1.29, 1.82) is 0 Å². The first-order valence-electron chi connectivity index (χ1n) is 12.8. The molecular formula is C28H20N8O8. The third-order valence-corrected chi connectivity index (χ3v) is 6.76. The van der Waals surface area contributed by atoms with E-state index < -0.39 is 26.3 Å². The molecule has 1 aliphatic rings. The number of carboxylic acid groups (broad SMARTS) is 1. The summed E-state index contributed by atoms with van der Waals surface area (Å²) < 4.78 is 0. The highest BCUT2D eigenvalue weighted by Gasteiger charge is 2.32. The Morgan fingerprint density at radius 2 is 1.50 bits per heavy atom. The molecular weight excluding hydrogens is 576 g/mol. The number of nitrogens with zero attached hydrogens (tertiary/aromatic N) is 7. The number of aromatic carboxylic acids is 1. The standard InChI is InChI=1S/C28H20N8O8/c37-26(38)23-24(17-5-7-19(8-6-17)34(39)40)32-27(33-25(23)18-3-1-4-20(15-18)35(41)42)29-14-12-28(11-2-13-31-28)22-10-9-21(16-30-22)36(43)44/h1-11,13,15-16H,12,14H2,(H,37,38)(H,29,32,33). The van der Waals surface area contributed by atoms with Crippen molar-refractivity contribution in [2.24, 2.45) is 4.99 Å². The highest BCUT2D eigenvalue weighted by molar-refractivity contribution is 6.01. The van der Waals surface area contributed by atoms with Crippen LogP contribution in [-0.4, -0.2) is 53.6 Å². The van der Waals surface area contributed by atoms with E-state index >= 15 is 0 Å². The van der Waals surface area contributed by atoms with Gasteiger partial charge in [-0.2, -0.15) is 0 Å². The zero-order valence-electron chi connectivity index (χ0n) is 22.4. The van der Waals surface area contributed by atoms with E-state index in [0.29, 0.717) is 5.69 Å². The molecule has 0 bridgehead atoms. The third kappa shape index (κ3) is 5.80. The van der Waals surface area contributed by atoms with Gasteiger partial charge in [-0.1, -0.05) is 12.1 Å². The summed E-state index contributed by atoms with van der Waals surface area (Å²) in [5.41, 5.74) is -1.34. The van der Waals surface area contributed by atoms with Gasteiger partial charge < -0.3 is 10.4 Å². The number of carbonyl (C=O) groups is 1. The molecule has 0 saturated carbocycles. The summed E-state index contributed by atoms with van der Waals surface area (Å²) in [7, 11) is 0. The molecule has 0 radical (unpaired) electrons. The predicted octanol–water partition coefficient (Wildman–Crippen LogP) is 4.97. The minimum absolute atomic E-state index is 0.0253. The van der Waals surface area contributed by atoms with Crippen molar-refractivity contribution in [3.63, 3.8) is 0 Å². The van der Waals surface area contributed by atoms with Gasteiger partial charge in [0.05, 0.1) is 31.9 Å². The minimum atomic E-state index is -1.42. The summed E-state index contributed by atoms with van der Waals surface area (Å²) >= 11 is 0. The van der Waals surface area contributed by atoms with Gasteiger partial charge in [0.2, 0.25) is 5.95 Å². The van der Waals surface area contributed by atoms with Crippen LogP contribution in [0.3, 0.4) is 0 Å². The lowest BCUT2D eigenvalue weighted by molar-refractivity contribution is -0.385. The summed E-state index contributed by atoms with van der Waals surface area (Å²) in [5, 5.41) is 46.9. The minimum Gasteiger partial charge on any atom is -0.478 e. The van der Waals surface area contributed by atoms with E-state index in [1.54, 1.807) is 18.4 Å². The van der Waals surface area contributed by atoms with Crippen molar-refractivity contribution in [3.05, 3.63) is 121 Å². The molecule has 3 heterocycles. The van der Waals surface area contributed by atoms with Gasteiger partial charge in [-0.3, -0.25) is 40.3 Å². The van der Waals surface area contributed by atoms with Crippen molar-refractivity contribution >= 4 is 35.2 Å². The molecule has 2 aromatic heterocycles. The number of aromatic nitrogens is 3. The Morgan fingerprint density at radius 3 is 2.07 bits per heavy atom. The van der Waals surface area contributed by atoms with Gasteiger partial charge in [0.1, 0.15) is 17.3 Å². The van der Waals surface area contributed by atoms with Crippen molar-refractivity contribution in [1.82, 2.24) is 15.0 Å². The normalized spacial score (nSPS) is 15.2. The highest BCUT2D eigenvalue weighted by atomic mass is 16.6. The van der Waals surface area contributed by atoms with Crippen LogP contribution >= 0.6 is 0 Å². The number of nitrogens with one attached hydrogen (secondary N) is 1. The van der Waals surface area contributed by atoms with Crippen LogP contribution in [0.1, 0.15) is 22.5 Å². The monoisotopic (exact) mass is 596 g/mol. The number of anilines is 1. The first-order chi connectivity index (χ1) is 21.1. The molecule has 0 aliphatic carbocycles. The summed E-state index contributed by atoms with van der Waals surface area (Å²) in [6, 6.07) is 13.2. The highest BCUT2D eigenvalue weighted by Crippen LogP contribution is 2.35. The summed E-state index contributed by atoms with van der Waals surface area (Å²) in [4.78, 5) is 62.0. The van der Waals surface area contributed by atoms with E-state index in [0.717, 1.165) is 6.20 Å². The zero-order valence-corrected chi connectivity index (χ0v) is 22.4. The van der Waals surface area contributed by atoms with E-state index in [1.165, 1.54) is 60.7 Å². The van der Waals surface area contributed by atoms with Crippen molar-refractivity contribution in [2.45, 2.75) is 12.0 Å². The Morgan fingerprint density at radius 1 is 0.841 bits per heavy atom. The number of hydrogen-bond donors (Lipinski definition) is 2. The molecule has 0 spiro atoms. The molecule has 0 amide bonds. The smallest absolute Gasteiger partial charge is 0.340 e. The van der Waals surface area contributed by atoms with E-state index in [-0.39, 0.29) is 64.1 Å². The van der Waals surface area contributed by atoms with Crippen LogP contribution < -0.4 is 5.32 Å². The average Bonchev–Trinajstić information content (AvgIpc) is 3.50. The Bertz CT molecular complexity index is 1840. The molecule has 0 saturated heterocycles. The molecule has 2 N–H and O–H groups in total. The number of rotatable bonds is 11. The summed E-state index contributed by atoms with van der Waals surface area (Å²) in [6.45, 7) is 0.168. The SMILES string of the molecule is O=C(O)c1c(-c2ccc([N+](=O)[O-])cc2)nc(NCCC2(c3ccc([N+](=O)[O-])cn3)C=CC=N2)nc1-c1cccc([N+](=O)[O-])c1. The van der Waals surface area contributed by atoms with Gasteiger partial charge in [0, 0.05) is 54.2 Å². The molecule has 44 heavy (non-hydrogen) atoms. The summed E-state index contributed by atoms with van der Waals surface area (Å²) in [5.74, 6) is -1.44. The van der Waals surface area contributed by atoms with Gasteiger partial charge >= 0.3 is 5.97 Å². The van der Waals surface area contributed by atoms with Crippen LogP contribution in [0.25, 0.3) is 22.5 Å². The number of hydrogen-bond acceptors (Lipinski definition) is 12. The maximum absolute atomic E-state index is 12.5. The Labute approximate surface area is 246 Å². The molecule has 0 fully saturated rings. The number of nitro groups is 3. The van der Waals surface area contributed by atoms with E-state index in [2.05, 4.69) is 25.3 Å². The van der Waals surface area contributed by atoms with E-state index in [4.69, 9.17) is 0 Å². The molecule has 5 rings (SSSR count). The topological polar surface area (TPSA) is 230 Å². The van der Waals surface area contributed by atoms with E-state index in [9.17, 15) is 40.2 Å². The van der Waals surface area contributed by atoms with Crippen LogP contribution in [-0.2, 0) is 5.54 Å². The van der Waals surface area contributed by atoms with Gasteiger partial charge in [-0.15, -0.1) is 0 Å². The second-order valence-corrected chi connectivity index (χ2v) is 9.43. The lowest BCUT2D eigenvalue weighted by atomic mass is 9.92. The molecule has 1 aliphatic heterocycles. The maximum atomic E-state index is 12.5. The van der Waals surface area contributed by atoms with Gasteiger partial charge in [-0.25, -0.2) is 14.8 Å². The summed E-state index contributed by atoms with van der Waals surface area (Å²) in [6.07, 6.45) is 6.51. The fourth-order valence-electron chi connectivity index (χ4n) is 4.63. The second kappa shape index (κ2) is 11.8. The van der Waals surface area contributed by atoms with Crippen molar-refractivity contribution in [3.8, 4) is 22.5 Å². The molecule has 1 unspecified atom stereocenters. The first kappa shape index (κ1) is 29.1. The number of aliphatic imine (C=N–C) groups is 1. The molecule has 16 heteroatoms. The number of allylic oxidation sites excluding steroid dienone is 1. The fraction of sp³-hybridized carbons (Fsp3) is 0.107. The Kier molecular flexibility index (Phi) is 7.80. The number of non-ortho nitro benzene ring substituents is 2. The van der Waals surface area contributed by atoms with Crippen molar-refractivity contribution < 1.29 is 24.7 Å². The Hall–Kier alpha value is -6.45. The molecule has 4 aromatic rings. The lowest BCUT2D eigenvalue weighted by Gasteiger charge is -2.24. The van der Waals surface area contributed by atoms with E-state index in [1.807, 2.05) is 0 Å². The number of carboxylic acids is 1. The number of nitro benzene ring substituents is 2. The zero-order chi connectivity index (χ0) is 31.4. The molecule has 220 valence electrons. The molecule has 2 aromatic carbocycles. The third-order valence-electron chi connectivity index (χ3n) is 6.76. The largest absolute Gasteiger partial charge is 0.478 e. The Balaban J connectivity index is 1.55. The first-order valence-corrected chi connectivity index (χ1v) is 12.8. The van der Waals surface area contributed by atoms with Crippen LogP contribution in [0.15, 0.2) is 84.0 Å². The maximum Gasteiger partial charge on any atom is 0.340 e. The van der Waals surface area contributed by atoms with Crippen LogP contribution in [0.5, 0.6) is 0 Å². The second-order valence-electron chi connectivity index (χ2n) is 9.43. The van der Waals surface area contributed by atoms with Crippen LogP contribution in [0.2, 0.25) is 0 Å². The molecule has 16 nitrogen and oxygen atoms in total. The fourth-order valence-corrected chi connectivity index (χ4v) is 4.63. The lowest BCUT2D eigenvalue weighted by Crippen LogP contribution is -2.25. The average molecular weight is 597 g/mol. The number of pyridine rings is 1. The van der Waals surface area contributed by atoms with Crippen LogP contribution in [0.4, 0.5) is 23.0 Å². The van der Waals surface area contributed by atoms with Gasteiger partial charge in [0.15, 0.2) is 0 Å². The molecule has 1 atom stereocenters. The van der Waals surface area contributed by atoms with Crippen molar-refractivity contribution in [2.75, 3.05) is 11.9 Å². The van der Waals surface area contributed by atoms with Gasteiger partial charge in [0.25, 0.3) is 17.1 Å². The van der Waals surface area contributed by atoms with Gasteiger partial charge in [-0.05, 0) is 36.8 Å². The van der Waals surface area contributed by atoms with Crippen LogP contribution in [0, 0.1) is 30.3 Å². The predicted molar refractivity (Wildman–Crippen MR) is 156 cm³/mol.